The number of aliphatic hydroxyl groups is 1. The minimum atomic E-state index is -1.35. The maximum absolute atomic E-state index is 13.7. The molecule has 1 aliphatic heterocycles. The Morgan fingerprint density at radius 1 is 0.922 bits per heavy atom. The number of likely N-dealkylation sites (tertiary alicyclic amines) is 1. The second-order valence-corrected chi connectivity index (χ2v) is 13.7. The predicted molar refractivity (Wildman–Crippen MR) is 195 cm³/mol. The summed E-state index contributed by atoms with van der Waals surface area (Å²) in [6.07, 6.45) is 3.55. The predicted octanol–water partition coefficient (Wildman–Crippen LogP) is -2.57. The zero-order chi connectivity index (χ0) is 38.1. The fraction of sp³-hybridized carbons (Fsp3) is 0.606. The molecule has 13 N–H and O–H groups in total. The number of thioether (sulfide) groups is 1. The number of benzene rings is 1. The molecule has 0 saturated carbocycles. The number of carbonyl (C=O) groups is 6. The quantitative estimate of drug-likeness (QED) is 0.0359. The van der Waals surface area contributed by atoms with Gasteiger partial charge in [-0.2, -0.15) is 11.8 Å². The Bertz CT molecular complexity index is 1360. The van der Waals surface area contributed by atoms with E-state index in [9.17, 15) is 33.9 Å². The molecule has 0 aliphatic carbocycles. The van der Waals surface area contributed by atoms with Crippen molar-refractivity contribution < 1.29 is 33.9 Å². The molecule has 0 bridgehead atoms. The maximum Gasteiger partial charge on any atom is 0.248 e. The lowest BCUT2D eigenvalue weighted by Gasteiger charge is -2.30. The number of nitrogens with two attached hydrogens (primary N) is 4. The summed E-state index contributed by atoms with van der Waals surface area (Å²) in [6.45, 7) is 3.19. The van der Waals surface area contributed by atoms with Crippen molar-refractivity contribution in [1.82, 2.24) is 26.2 Å². The molecule has 284 valence electrons. The largest absolute Gasteiger partial charge is 0.394 e. The third kappa shape index (κ3) is 14.0. The highest BCUT2D eigenvalue weighted by molar-refractivity contribution is 7.98. The van der Waals surface area contributed by atoms with Crippen molar-refractivity contribution in [2.45, 2.75) is 88.6 Å². The molecule has 2 rings (SSSR count). The maximum atomic E-state index is 13.7. The van der Waals surface area contributed by atoms with Crippen molar-refractivity contribution in [3.05, 3.63) is 35.9 Å². The standard InChI is InChI=1S/C33H54N10O7S/c1-19(2)26(27(35)45)42-30(48)23(17-20-9-5-4-6-10-20)40-29(47)22(13-16-51-3)39-31(49)25-12-8-15-43(25)32(50)24(18-44)41-28(46)21(34)11-7-14-38-33(36)37/h4-6,9-10,19,21-26,44H,7-8,11-18,34H2,1-3H3,(H2,35,45)(H,39,49)(H,40,47)(H,41,46)(H,42,48)(H4,36,37,38). The summed E-state index contributed by atoms with van der Waals surface area (Å²) in [6, 6.07) is 2.52. The van der Waals surface area contributed by atoms with Gasteiger partial charge in [0, 0.05) is 19.5 Å². The van der Waals surface area contributed by atoms with Crippen molar-refractivity contribution in [3.8, 4) is 0 Å². The van der Waals surface area contributed by atoms with E-state index >= 15 is 0 Å². The van der Waals surface area contributed by atoms with Gasteiger partial charge in [0.25, 0.3) is 0 Å². The van der Waals surface area contributed by atoms with Gasteiger partial charge in [-0.15, -0.1) is 0 Å². The SMILES string of the molecule is CSCCC(NC(=O)C1CCCN1C(=O)C(CO)NC(=O)C(N)CCCN=C(N)N)C(=O)NC(Cc1ccccc1)C(=O)NC(C(N)=O)C(C)C. The summed E-state index contributed by atoms with van der Waals surface area (Å²) in [5.74, 6) is -3.78. The molecule has 6 amide bonds. The molecular weight excluding hydrogens is 680 g/mol. The van der Waals surface area contributed by atoms with Crippen LogP contribution in [0.4, 0.5) is 0 Å². The molecule has 1 heterocycles. The number of nitrogens with zero attached hydrogens (tertiary/aromatic N) is 2. The van der Waals surface area contributed by atoms with Gasteiger partial charge < -0.3 is 54.2 Å². The first-order chi connectivity index (χ1) is 24.2. The summed E-state index contributed by atoms with van der Waals surface area (Å²) in [7, 11) is 0. The number of aliphatic hydroxyl groups excluding tert-OH is 1. The van der Waals surface area contributed by atoms with Crippen molar-refractivity contribution in [3.63, 3.8) is 0 Å². The van der Waals surface area contributed by atoms with Crippen LogP contribution in [0.5, 0.6) is 0 Å². The van der Waals surface area contributed by atoms with Crippen LogP contribution >= 0.6 is 11.8 Å². The van der Waals surface area contributed by atoms with Crippen molar-refractivity contribution in [2.75, 3.05) is 31.7 Å². The van der Waals surface area contributed by atoms with Crippen LogP contribution < -0.4 is 44.2 Å². The number of aliphatic imine (C=N–C) groups is 1. The second-order valence-electron chi connectivity index (χ2n) is 12.7. The van der Waals surface area contributed by atoms with E-state index in [1.807, 2.05) is 12.3 Å². The van der Waals surface area contributed by atoms with Crippen molar-refractivity contribution in [2.24, 2.45) is 33.8 Å². The number of hydrogen-bond donors (Lipinski definition) is 9. The number of primary amides is 1. The van der Waals surface area contributed by atoms with Crippen LogP contribution in [-0.2, 0) is 35.2 Å². The summed E-state index contributed by atoms with van der Waals surface area (Å²) >= 11 is 1.45. The third-order valence-electron chi connectivity index (χ3n) is 8.37. The lowest BCUT2D eigenvalue weighted by Crippen LogP contribution is -2.60. The van der Waals surface area contributed by atoms with E-state index in [-0.39, 0.29) is 50.7 Å². The first-order valence-electron chi connectivity index (χ1n) is 17.0. The molecule has 1 fully saturated rings. The van der Waals surface area contributed by atoms with E-state index < -0.39 is 78.3 Å². The number of rotatable bonds is 21. The van der Waals surface area contributed by atoms with Gasteiger partial charge in [0.05, 0.1) is 12.6 Å². The average molecular weight is 735 g/mol. The Labute approximate surface area is 302 Å². The summed E-state index contributed by atoms with van der Waals surface area (Å²) in [4.78, 5) is 84.2. The molecule has 0 spiro atoms. The Morgan fingerprint density at radius 2 is 1.57 bits per heavy atom. The van der Waals surface area contributed by atoms with Crippen LogP contribution in [-0.4, -0.2) is 119 Å². The van der Waals surface area contributed by atoms with Crippen LogP contribution in [0.15, 0.2) is 35.3 Å². The van der Waals surface area contributed by atoms with Gasteiger partial charge in [0.1, 0.15) is 30.2 Å². The monoisotopic (exact) mass is 734 g/mol. The molecule has 51 heavy (non-hydrogen) atoms. The minimum absolute atomic E-state index is 0.0871. The van der Waals surface area contributed by atoms with Crippen molar-refractivity contribution >= 4 is 53.2 Å². The highest BCUT2D eigenvalue weighted by Gasteiger charge is 2.39. The van der Waals surface area contributed by atoms with Gasteiger partial charge in [0.15, 0.2) is 5.96 Å². The topological polar surface area (TPSA) is 290 Å². The third-order valence-corrected chi connectivity index (χ3v) is 9.01. The number of guanidine groups is 1. The molecule has 1 aromatic carbocycles. The second kappa shape index (κ2) is 21.7. The zero-order valence-corrected chi connectivity index (χ0v) is 30.3. The Morgan fingerprint density at radius 3 is 2.16 bits per heavy atom. The summed E-state index contributed by atoms with van der Waals surface area (Å²) in [5.41, 5.74) is 22.8. The number of amides is 6. The molecule has 1 saturated heterocycles. The van der Waals surface area contributed by atoms with E-state index in [0.717, 1.165) is 5.56 Å². The van der Waals surface area contributed by atoms with Crippen LogP contribution in [0, 0.1) is 5.92 Å². The van der Waals surface area contributed by atoms with Crippen LogP contribution in [0.2, 0.25) is 0 Å². The van der Waals surface area contributed by atoms with Crippen LogP contribution in [0.25, 0.3) is 0 Å². The number of nitrogens with one attached hydrogen (secondary N) is 4. The first kappa shape index (κ1) is 42.7. The summed E-state index contributed by atoms with van der Waals surface area (Å²) in [5, 5.41) is 20.6. The van der Waals surface area contributed by atoms with Gasteiger partial charge in [-0.05, 0) is 55.6 Å². The average Bonchev–Trinajstić information content (AvgIpc) is 3.59. The smallest absolute Gasteiger partial charge is 0.248 e. The molecule has 17 nitrogen and oxygen atoms in total. The van der Waals surface area contributed by atoms with Crippen molar-refractivity contribution in [1.29, 1.82) is 0 Å². The van der Waals surface area contributed by atoms with E-state index in [4.69, 9.17) is 22.9 Å². The molecule has 6 atom stereocenters. The van der Waals surface area contributed by atoms with E-state index in [1.54, 1.807) is 38.1 Å². The minimum Gasteiger partial charge on any atom is -0.394 e. The van der Waals surface area contributed by atoms with Gasteiger partial charge in [0.2, 0.25) is 35.4 Å². The van der Waals surface area contributed by atoms with E-state index in [0.29, 0.717) is 18.6 Å². The number of hydrogen-bond acceptors (Lipinski definition) is 10. The van der Waals surface area contributed by atoms with Gasteiger partial charge >= 0.3 is 0 Å². The fourth-order valence-electron chi connectivity index (χ4n) is 5.54. The lowest BCUT2D eigenvalue weighted by molar-refractivity contribution is -0.143. The Hall–Kier alpha value is -4.42. The van der Waals surface area contributed by atoms with Gasteiger partial charge in [-0.25, -0.2) is 0 Å². The Balaban J connectivity index is 2.18. The Kier molecular flexibility index (Phi) is 18.2. The molecule has 0 aromatic heterocycles. The first-order valence-corrected chi connectivity index (χ1v) is 18.3. The zero-order valence-electron chi connectivity index (χ0n) is 29.5. The highest BCUT2D eigenvalue weighted by atomic mass is 32.2. The molecule has 6 unspecified atom stereocenters. The number of carbonyl (C=O) groups excluding carboxylic acids is 6. The van der Waals surface area contributed by atoms with Crippen LogP contribution in [0.3, 0.4) is 0 Å². The molecule has 0 radical (unpaired) electrons. The van der Waals surface area contributed by atoms with Gasteiger partial charge in [-0.3, -0.25) is 33.8 Å². The molecule has 1 aromatic rings. The van der Waals surface area contributed by atoms with E-state index in [1.165, 1.54) is 16.7 Å². The highest BCUT2D eigenvalue weighted by Crippen LogP contribution is 2.19. The lowest BCUT2D eigenvalue weighted by atomic mass is 10.0. The van der Waals surface area contributed by atoms with Crippen LogP contribution in [0.1, 0.15) is 51.5 Å². The normalized spacial score (nSPS) is 17.0. The summed E-state index contributed by atoms with van der Waals surface area (Å²) < 4.78 is 0. The molecular formula is C33H54N10O7S. The van der Waals surface area contributed by atoms with E-state index in [2.05, 4.69) is 26.3 Å². The molecule has 1 aliphatic rings. The molecule has 18 heteroatoms. The van der Waals surface area contributed by atoms with Gasteiger partial charge in [-0.1, -0.05) is 44.2 Å². The fourth-order valence-corrected chi connectivity index (χ4v) is 6.01.